The van der Waals surface area contributed by atoms with E-state index in [9.17, 15) is 9.18 Å². The molecule has 0 aliphatic carbocycles. The zero-order valence-electron chi connectivity index (χ0n) is 14.9. The average molecular weight is 369 g/mol. The van der Waals surface area contributed by atoms with Crippen LogP contribution < -0.4 is 10.9 Å². The average Bonchev–Trinajstić information content (AvgIpc) is 3.10. The molecule has 0 radical (unpaired) electrons. The summed E-state index contributed by atoms with van der Waals surface area (Å²) in [5, 5.41) is 7.56. The summed E-state index contributed by atoms with van der Waals surface area (Å²) in [5.74, 6) is 0.0876. The molecule has 1 fully saturated rings. The molecule has 0 saturated carbocycles. The molecule has 8 heteroatoms. The maximum Gasteiger partial charge on any atom is 0.250 e. The molecule has 7 nitrogen and oxygen atoms in total. The number of halogens is 1. The highest BCUT2D eigenvalue weighted by Gasteiger charge is 2.19. The van der Waals surface area contributed by atoms with E-state index >= 15 is 0 Å². The molecule has 140 valence electrons. The Balaban J connectivity index is 1.59. The van der Waals surface area contributed by atoms with Crippen molar-refractivity contribution in [1.82, 2.24) is 19.3 Å². The van der Waals surface area contributed by atoms with E-state index in [0.29, 0.717) is 36.8 Å². The van der Waals surface area contributed by atoms with Gasteiger partial charge in [0.1, 0.15) is 11.6 Å². The summed E-state index contributed by atoms with van der Waals surface area (Å²) in [4.78, 5) is 16.1. The van der Waals surface area contributed by atoms with Gasteiger partial charge in [-0.3, -0.25) is 4.79 Å². The number of pyridine rings is 2. The van der Waals surface area contributed by atoms with Crippen LogP contribution in [0.2, 0.25) is 0 Å². The first-order chi connectivity index (χ1) is 13.1. The lowest BCUT2D eigenvalue weighted by molar-refractivity contribution is 0.0209. The fourth-order valence-electron chi connectivity index (χ4n) is 2.91. The Kier molecular flexibility index (Phi) is 4.72. The third kappa shape index (κ3) is 3.61. The van der Waals surface area contributed by atoms with Crippen LogP contribution in [0.25, 0.3) is 16.9 Å². The van der Waals surface area contributed by atoms with Gasteiger partial charge in [0.2, 0.25) is 0 Å². The van der Waals surface area contributed by atoms with Gasteiger partial charge >= 0.3 is 0 Å². The third-order valence-corrected chi connectivity index (χ3v) is 4.41. The molecule has 0 amide bonds. The van der Waals surface area contributed by atoms with Crippen molar-refractivity contribution in [2.45, 2.75) is 25.9 Å². The van der Waals surface area contributed by atoms with E-state index < -0.39 is 5.82 Å². The minimum Gasteiger partial charge on any atom is -0.377 e. The Labute approximate surface area is 155 Å². The summed E-state index contributed by atoms with van der Waals surface area (Å²) in [6.45, 7) is 3.86. The summed E-state index contributed by atoms with van der Waals surface area (Å²) in [5.41, 5.74) is 1.49. The molecule has 0 unspecified atom stereocenters. The zero-order valence-corrected chi connectivity index (χ0v) is 14.9. The number of aryl methyl sites for hydroxylation is 1. The van der Waals surface area contributed by atoms with Crippen LogP contribution in [-0.2, 0) is 11.3 Å². The van der Waals surface area contributed by atoms with Crippen LogP contribution >= 0.6 is 0 Å². The van der Waals surface area contributed by atoms with Gasteiger partial charge in [-0.1, -0.05) is 6.92 Å². The Morgan fingerprint density at radius 1 is 1.33 bits per heavy atom. The normalized spacial score (nSPS) is 14.1. The Bertz CT molecular complexity index is 1010. The van der Waals surface area contributed by atoms with Crippen molar-refractivity contribution >= 4 is 5.82 Å². The highest BCUT2D eigenvalue weighted by Crippen LogP contribution is 2.23. The van der Waals surface area contributed by atoms with Crippen molar-refractivity contribution < 1.29 is 9.13 Å². The van der Waals surface area contributed by atoms with E-state index in [1.807, 2.05) is 6.92 Å². The predicted octanol–water partition coefficient (Wildman–Crippen LogP) is 2.46. The third-order valence-electron chi connectivity index (χ3n) is 4.41. The summed E-state index contributed by atoms with van der Waals surface area (Å²) in [6, 6.07) is 6.49. The molecule has 3 aromatic rings. The van der Waals surface area contributed by atoms with Gasteiger partial charge in [0.25, 0.3) is 5.56 Å². The molecule has 0 atom stereocenters. The van der Waals surface area contributed by atoms with E-state index in [0.717, 1.165) is 12.1 Å². The summed E-state index contributed by atoms with van der Waals surface area (Å²) < 4.78 is 22.9. The first-order valence-electron chi connectivity index (χ1n) is 8.91. The zero-order chi connectivity index (χ0) is 18.8. The predicted molar refractivity (Wildman–Crippen MR) is 99.5 cm³/mol. The van der Waals surface area contributed by atoms with Gasteiger partial charge in [0, 0.05) is 37.3 Å². The molecule has 4 heterocycles. The van der Waals surface area contributed by atoms with Crippen LogP contribution in [0, 0.1) is 5.82 Å². The molecule has 0 aromatic carbocycles. The molecule has 1 aliphatic heterocycles. The van der Waals surface area contributed by atoms with E-state index in [1.165, 1.54) is 18.3 Å². The van der Waals surface area contributed by atoms with E-state index in [1.54, 1.807) is 33.8 Å². The maximum absolute atomic E-state index is 14.5. The first-order valence-corrected chi connectivity index (χ1v) is 8.91. The van der Waals surface area contributed by atoms with Crippen LogP contribution in [0.15, 0.2) is 47.7 Å². The lowest BCUT2D eigenvalue weighted by Crippen LogP contribution is -2.40. The Morgan fingerprint density at radius 3 is 2.89 bits per heavy atom. The van der Waals surface area contributed by atoms with E-state index in [2.05, 4.69) is 15.4 Å². The number of nitrogens with one attached hydrogen (secondary N) is 1. The number of hydrogen-bond acceptors (Lipinski definition) is 5. The van der Waals surface area contributed by atoms with Crippen molar-refractivity contribution in [2.75, 3.05) is 18.5 Å². The number of rotatable bonds is 6. The summed E-state index contributed by atoms with van der Waals surface area (Å²) in [7, 11) is 0. The Hall–Kier alpha value is -3.00. The van der Waals surface area contributed by atoms with Crippen LogP contribution in [0.4, 0.5) is 10.2 Å². The van der Waals surface area contributed by atoms with Crippen molar-refractivity contribution in [3.05, 3.63) is 59.0 Å². The Morgan fingerprint density at radius 2 is 2.19 bits per heavy atom. The first kappa shape index (κ1) is 17.4. The van der Waals surface area contributed by atoms with Gasteiger partial charge in [0.05, 0.1) is 36.2 Å². The molecule has 3 aromatic heterocycles. The highest BCUT2D eigenvalue weighted by molar-refractivity contribution is 5.60. The molecule has 0 spiro atoms. The molecule has 27 heavy (non-hydrogen) atoms. The summed E-state index contributed by atoms with van der Waals surface area (Å²) in [6.07, 6.45) is 5.83. The highest BCUT2D eigenvalue weighted by atomic mass is 19.1. The topological polar surface area (TPSA) is 74.0 Å². The number of anilines is 1. The van der Waals surface area contributed by atoms with Crippen LogP contribution in [-0.4, -0.2) is 38.6 Å². The van der Waals surface area contributed by atoms with Crippen LogP contribution in [0.3, 0.4) is 0 Å². The van der Waals surface area contributed by atoms with Gasteiger partial charge in [-0.25, -0.2) is 14.1 Å². The lowest BCUT2D eigenvalue weighted by atomic mass is 10.2. The number of hydrogen-bond donors (Lipinski definition) is 1. The second-order valence-corrected chi connectivity index (χ2v) is 6.49. The number of nitrogens with zero attached hydrogens (tertiary/aromatic N) is 4. The van der Waals surface area contributed by atoms with Gasteiger partial charge in [0.15, 0.2) is 0 Å². The molecule has 1 aliphatic rings. The molecule has 1 saturated heterocycles. The number of aromatic nitrogens is 4. The van der Waals surface area contributed by atoms with Crippen molar-refractivity contribution in [2.24, 2.45) is 0 Å². The van der Waals surface area contributed by atoms with Crippen LogP contribution in [0.1, 0.15) is 13.3 Å². The standard InChI is InChI=1S/C19H20FN5O2/c1-2-6-24-10-14(3-4-19(24)26)25-7-5-17(23-25)15-9-21-18(8-16(15)20)22-13-11-27-12-13/h3-5,7-10,13H,2,6,11-12H2,1H3,(H,21,22). The molecule has 0 bridgehead atoms. The van der Waals surface area contributed by atoms with E-state index in [4.69, 9.17) is 4.74 Å². The van der Waals surface area contributed by atoms with Gasteiger partial charge in [-0.05, 0) is 18.6 Å². The minimum atomic E-state index is -0.394. The second kappa shape index (κ2) is 7.32. The van der Waals surface area contributed by atoms with Gasteiger partial charge < -0.3 is 14.6 Å². The fourth-order valence-corrected chi connectivity index (χ4v) is 2.91. The van der Waals surface area contributed by atoms with Crippen LogP contribution in [0.5, 0.6) is 0 Å². The largest absolute Gasteiger partial charge is 0.377 e. The van der Waals surface area contributed by atoms with Gasteiger partial charge in [-0.15, -0.1) is 0 Å². The fraction of sp³-hybridized carbons (Fsp3) is 0.316. The van der Waals surface area contributed by atoms with Crippen molar-refractivity contribution in [3.8, 4) is 16.9 Å². The summed E-state index contributed by atoms with van der Waals surface area (Å²) >= 11 is 0. The maximum atomic E-state index is 14.5. The lowest BCUT2D eigenvalue weighted by Gasteiger charge is -2.27. The minimum absolute atomic E-state index is 0.0526. The van der Waals surface area contributed by atoms with E-state index in [-0.39, 0.29) is 11.6 Å². The molecular formula is C19H20FN5O2. The van der Waals surface area contributed by atoms with Crippen molar-refractivity contribution in [1.29, 1.82) is 0 Å². The van der Waals surface area contributed by atoms with Gasteiger partial charge in [-0.2, -0.15) is 5.10 Å². The monoisotopic (exact) mass is 369 g/mol. The van der Waals surface area contributed by atoms with Crippen molar-refractivity contribution in [3.63, 3.8) is 0 Å². The molecule has 4 rings (SSSR count). The number of ether oxygens (including phenoxy) is 1. The smallest absolute Gasteiger partial charge is 0.250 e. The molecule has 1 N–H and O–H groups in total. The molecular weight excluding hydrogens is 349 g/mol. The second-order valence-electron chi connectivity index (χ2n) is 6.49. The quantitative estimate of drug-likeness (QED) is 0.723. The SMILES string of the molecule is CCCn1cc(-n2ccc(-c3cnc(NC4COC4)cc3F)n2)ccc1=O.